The summed E-state index contributed by atoms with van der Waals surface area (Å²) in [5, 5.41) is 11.0. The van der Waals surface area contributed by atoms with Crippen molar-refractivity contribution in [2.75, 3.05) is 6.61 Å². The van der Waals surface area contributed by atoms with Gasteiger partial charge in [0.15, 0.2) is 0 Å². The maximum absolute atomic E-state index is 13.9. The Balaban J connectivity index is 1.79. The summed E-state index contributed by atoms with van der Waals surface area (Å²) in [4.78, 5) is 0. The van der Waals surface area contributed by atoms with Crippen LogP contribution >= 0.6 is 11.6 Å². The molecule has 1 aromatic carbocycles. The minimum Gasteiger partial charge on any atom is -0.388 e. The van der Waals surface area contributed by atoms with Crippen molar-refractivity contribution in [2.45, 2.75) is 50.2 Å². The van der Waals surface area contributed by atoms with Gasteiger partial charge < -0.3 is 9.84 Å². The van der Waals surface area contributed by atoms with Gasteiger partial charge in [-0.3, -0.25) is 0 Å². The Morgan fingerprint density at radius 1 is 1.35 bits per heavy atom. The monoisotopic (exact) mass is 298 g/mol. The molecule has 1 aliphatic carbocycles. The van der Waals surface area contributed by atoms with E-state index in [1.165, 1.54) is 25.0 Å². The lowest BCUT2D eigenvalue weighted by atomic mass is 9.80. The fraction of sp³-hybridized carbons (Fsp3) is 0.625. The van der Waals surface area contributed by atoms with E-state index in [1.807, 2.05) is 0 Å². The molecule has 0 aromatic heterocycles. The van der Waals surface area contributed by atoms with Crippen LogP contribution in [0, 0.1) is 11.7 Å². The lowest BCUT2D eigenvalue weighted by Gasteiger charge is -2.40. The van der Waals surface area contributed by atoms with Gasteiger partial charge in [0.05, 0.1) is 11.7 Å². The van der Waals surface area contributed by atoms with Crippen LogP contribution in [0.4, 0.5) is 4.39 Å². The highest BCUT2D eigenvalue weighted by Gasteiger charge is 2.42. The SMILES string of the molecule is OC(c1cc(Cl)ccc1F)C1CCOC2(CCCC2)C1. The molecule has 2 atom stereocenters. The molecular formula is C16H20ClFO2. The Kier molecular flexibility index (Phi) is 4.02. The quantitative estimate of drug-likeness (QED) is 0.884. The lowest BCUT2D eigenvalue weighted by molar-refractivity contribution is -0.113. The highest BCUT2D eigenvalue weighted by Crippen LogP contribution is 2.45. The van der Waals surface area contributed by atoms with Crippen LogP contribution in [0.1, 0.15) is 50.2 Å². The number of aliphatic hydroxyl groups excluding tert-OH is 1. The fourth-order valence-corrected chi connectivity index (χ4v) is 3.88. The van der Waals surface area contributed by atoms with Crippen LogP contribution in [0.5, 0.6) is 0 Å². The third-order valence-corrected chi connectivity index (χ3v) is 5.00. The van der Waals surface area contributed by atoms with Crippen LogP contribution in [-0.4, -0.2) is 17.3 Å². The zero-order valence-electron chi connectivity index (χ0n) is 11.4. The zero-order valence-corrected chi connectivity index (χ0v) is 12.2. The average Bonchev–Trinajstić information content (AvgIpc) is 2.88. The first kappa shape index (κ1) is 14.3. The molecule has 1 heterocycles. The van der Waals surface area contributed by atoms with Gasteiger partial charge in [0.2, 0.25) is 0 Å². The maximum Gasteiger partial charge on any atom is 0.129 e. The van der Waals surface area contributed by atoms with Crippen LogP contribution in [0.2, 0.25) is 5.02 Å². The molecule has 1 saturated carbocycles. The molecular weight excluding hydrogens is 279 g/mol. The van der Waals surface area contributed by atoms with Crippen LogP contribution < -0.4 is 0 Å². The molecule has 2 unspecified atom stereocenters. The Morgan fingerprint density at radius 3 is 2.85 bits per heavy atom. The summed E-state index contributed by atoms with van der Waals surface area (Å²) in [6, 6.07) is 4.37. The van der Waals surface area contributed by atoms with E-state index in [9.17, 15) is 9.50 Å². The van der Waals surface area contributed by atoms with E-state index in [1.54, 1.807) is 6.07 Å². The van der Waals surface area contributed by atoms with Crippen LogP contribution in [0.15, 0.2) is 18.2 Å². The topological polar surface area (TPSA) is 29.5 Å². The highest BCUT2D eigenvalue weighted by atomic mass is 35.5. The number of halogens is 2. The van der Waals surface area contributed by atoms with Gasteiger partial charge in [-0.2, -0.15) is 0 Å². The van der Waals surface area contributed by atoms with Gasteiger partial charge in [0, 0.05) is 17.2 Å². The molecule has 1 saturated heterocycles. The lowest BCUT2D eigenvalue weighted by Crippen LogP contribution is -2.39. The van der Waals surface area contributed by atoms with Gasteiger partial charge >= 0.3 is 0 Å². The third-order valence-electron chi connectivity index (χ3n) is 4.77. The molecule has 2 nitrogen and oxygen atoms in total. The van der Waals surface area contributed by atoms with E-state index >= 15 is 0 Å². The minimum atomic E-state index is -0.796. The van der Waals surface area contributed by atoms with Crippen molar-refractivity contribution in [1.82, 2.24) is 0 Å². The van der Waals surface area contributed by atoms with E-state index < -0.39 is 6.10 Å². The predicted octanol–water partition coefficient (Wildman–Crippen LogP) is 4.25. The molecule has 0 bridgehead atoms. The summed E-state index contributed by atoms with van der Waals surface area (Å²) in [6.07, 6.45) is 5.30. The van der Waals surface area contributed by atoms with Crippen molar-refractivity contribution in [3.8, 4) is 0 Å². The minimum absolute atomic E-state index is 0.0508. The van der Waals surface area contributed by atoms with E-state index in [2.05, 4.69) is 0 Å². The molecule has 110 valence electrons. The number of hydrogen-bond acceptors (Lipinski definition) is 2. The first-order chi connectivity index (χ1) is 9.60. The standard InChI is InChI=1S/C16H20ClFO2/c17-12-3-4-14(18)13(9-12)15(19)11-5-8-20-16(10-11)6-1-2-7-16/h3-4,9,11,15,19H,1-2,5-8,10H2. The van der Waals surface area contributed by atoms with Crippen molar-refractivity contribution in [3.05, 3.63) is 34.6 Å². The third kappa shape index (κ3) is 2.72. The number of benzene rings is 1. The van der Waals surface area contributed by atoms with Gasteiger partial charge in [-0.1, -0.05) is 24.4 Å². The second-order valence-corrected chi connectivity index (χ2v) is 6.54. The summed E-state index contributed by atoms with van der Waals surface area (Å²) < 4.78 is 19.9. The van der Waals surface area contributed by atoms with E-state index in [4.69, 9.17) is 16.3 Å². The Labute approximate surface area is 123 Å². The van der Waals surface area contributed by atoms with E-state index in [0.29, 0.717) is 17.2 Å². The van der Waals surface area contributed by atoms with E-state index in [-0.39, 0.29) is 17.3 Å². The van der Waals surface area contributed by atoms with Crippen molar-refractivity contribution in [3.63, 3.8) is 0 Å². The van der Waals surface area contributed by atoms with Crippen molar-refractivity contribution < 1.29 is 14.2 Å². The molecule has 1 aliphatic heterocycles. The maximum atomic E-state index is 13.9. The predicted molar refractivity (Wildman–Crippen MR) is 76.2 cm³/mol. The van der Waals surface area contributed by atoms with Crippen LogP contribution in [-0.2, 0) is 4.74 Å². The van der Waals surface area contributed by atoms with Crippen LogP contribution in [0.25, 0.3) is 0 Å². The molecule has 0 radical (unpaired) electrons. The summed E-state index contributed by atoms with van der Waals surface area (Å²) >= 11 is 5.92. The fourth-order valence-electron chi connectivity index (χ4n) is 3.70. The van der Waals surface area contributed by atoms with Gasteiger partial charge in [0.1, 0.15) is 5.82 Å². The molecule has 1 N–H and O–H groups in total. The first-order valence-corrected chi connectivity index (χ1v) is 7.74. The normalized spacial score (nSPS) is 26.9. The Bertz CT molecular complexity index is 485. The van der Waals surface area contributed by atoms with Crippen molar-refractivity contribution >= 4 is 11.6 Å². The second kappa shape index (κ2) is 5.63. The van der Waals surface area contributed by atoms with Gasteiger partial charge in [0.25, 0.3) is 0 Å². The summed E-state index contributed by atoms with van der Waals surface area (Å²) in [5.41, 5.74) is 0.247. The van der Waals surface area contributed by atoms with Crippen molar-refractivity contribution in [1.29, 1.82) is 0 Å². The molecule has 0 amide bonds. The average molecular weight is 299 g/mol. The number of hydrogen-bond donors (Lipinski definition) is 1. The summed E-state index contributed by atoms with van der Waals surface area (Å²) in [7, 11) is 0. The van der Waals surface area contributed by atoms with Crippen molar-refractivity contribution in [2.24, 2.45) is 5.92 Å². The molecule has 4 heteroatoms. The molecule has 2 fully saturated rings. The summed E-state index contributed by atoms with van der Waals surface area (Å²) in [5.74, 6) is -0.330. The van der Waals surface area contributed by atoms with Gasteiger partial charge in [-0.15, -0.1) is 0 Å². The molecule has 3 rings (SSSR count). The Hall–Kier alpha value is -0.640. The highest BCUT2D eigenvalue weighted by molar-refractivity contribution is 6.30. The molecule has 2 aliphatic rings. The molecule has 1 spiro atoms. The second-order valence-electron chi connectivity index (χ2n) is 6.10. The van der Waals surface area contributed by atoms with Gasteiger partial charge in [-0.25, -0.2) is 4.39 Å². The molecule has 1 aromatic rings. The van der Waals surface area contributed by atoms with E-state index in [0.717, 1.165) is 25.7 Å². The largest absolute Gasteiger partial charge is 0.388 e. The van der Waals surface area contributed by atoms with Gasteiger partial charge in [-0.05, 0) is 49.8 Å². The number of rotatable bonds is 2. The first-order valence-electron chi connectivity index (χ1n) is 7.37. The number of aliphatic hydroxyl groups is 1. The van der Waals surface area contributed by atoms with Crippen LogP contribution in [0.3, 0.4) is 0 Å². The number of ether oxygens (including phenoxy) is 1. The zero-order chi connectivity index (χ0) is 14.2. The smallest absolute Gasteiger partial charge is 0.129 e. The molecule has 20 heavy (non-hydrogen) atoms. The Morgan fingerprint density at radius 2 is 2.10 bits per heavy atom. The summed E-state index contributed by atoms with van der Waals surface area (Å²) in [6.45, 7) is 0.657.